The molecule has 0 aliphatic heterocycles. The van der Waals surface area contributed by atoms with Crippen LogP contribution in [0.3, 0.4) is 0 Å². The fraction of sp³-hybridized carbons (Fsp3) is 0.214. The second-order valence-electron chi connectivity index (χ2n) is 4.20. The Labute approximate surface area is 125 Å². The number of hydrogen-bond donors (Lipinski definition) is 2. The Balaban J connectivity index is 2.21. The van der Waals surface area contributed by atoms with E-state index in [1.54, 1.807) is 31.4 Å². The Kier molecular flexibility index (Phi) is 4.99. The van der Waals surface area contributed by atoms with E-state index in [0.29, 0.717) is 23.0 Å². The lowest BCUT2D eigenvalue weighted by atomic mass is 10.3. The Morgan fingerprint density at radius 1 is 1.43 bits per heavy atom. The number of amides is 1. The molecule has 0 radical (unpaired) electrons. The van der Waals surface area contributed by atoms with Crippen LogP contribution in [0, 0.1) is 0 Å². The molecule has 0 unspecified atom stereocenters. The van der Waals surface area contributed by atoms with Crippen molar-refractivity contribution in [3.63, 3.8) is 0 Å². The van der Waals surface area contributed by atoms with Crippen LogP contribution in [0.5, 0.6) is 5.75 Å². The standard InChI is InChI=1S/C14H15N3O3S/c1-20-10-5-3-4-9(6-10)15-14(19)11-7-13(18)17-12(16-11)8-21-2/h3-7H,8H2,1-2H3,(H,15,19)(H,16,17,18). The maximum Gasteiger partial charge on any atom is 0.274 e. The molecule has 0 aliphatic rings. The van der Waals surface area contributed by atoms with Gasteiger partial charge in [0.1, 0.15) is 17.3 Å². The van der Waals surface area contributed by atoms with E-state index in [4.69, 9.17) is 4.74 Å². The van der Waals surface area contributed by atoms with E-state index >= 15 is 0 Å². The minimum absolute atomic E-state index is 0.0885. The van der Waals surface area contributed by atoms with Crippen molar-refractivity contribution in [2.75, 3.05) is 18.7 Å². The van der Waals surface area contributed by atoms with Gasteiger partial charge in [-0.3, -0.25) is 9.59 Å². The highest BCUT2D eigenvalue weighted by Crippen LogP contribution is 2.17. The number of anilines is 1. The normalized spacial score (nSPS) is 10.2. The van der Waals surface area contributed by atoms with E-state index < -0.39 is 5.91 Å². The monoisotopic (exact) mass is 305 g/mol. The van der Waals surface area contributed by atoms with Crippen molar-refractivity contribution in [2.45, 2.75) is 5.75 Å². The highest BCUT2D eigenvalue weighted by Gasteiger charge is 2.11. The van der Waals surface area contributed by atoms with E-state index in [1.165, 1.54) is 17.8 Å². The molecule has 6 nitrogen and oxygen atoms in total. The lowest BCUT2D eigenvalue weighted by Gasteiger charge is -2.07. The minimum atomic E-state index is -0.434. The van der Waals surface area contributed by atoms with Crippen molar-refractivity contribution in [3.8, 4) is 5.75 Å². The topological polar surface area (TPSA) is 84.1 Å². The van der Waals surface area contributed by atoms with Crippen molar-refractivity contribution in [3.05, 3.63) is 52.2 Å². The first-order valence-electron chi connectivity index (χ1n) is 6.17. The minimum Gasteiger partial charge on any atom is -0.497 e. The highest BCUT2D eigenvalue weighted by atomic mass is 32.2. The molecule has 2 N–H and O–H groups in total. The van der Waals surface area contributed by atoms with Crippen LogP contribution in [0.4, 0.5) is 5.69 Å². The summed E-state index contributed by atoms with van der Waals surface area (Å²) in [4.78, 5) is 30.4. The molecule has 1 aromatic carbocycles. The van der Waals surface area contributed by atoms with Gasteiger partial charge in [0, 0.05) is 17.8 Å². The van der Waals surface area contributed by atoms with Crippen LogP contribution in [-0.2, 0) is 5.75 Å². The van der Waals surface area contributed by atoms with Crippen molar-refractivity contribution < 1.29 is 9.53 Å². The number of carbonyl (C=O) groups excluding carboxylic acids is 1. The molecule has 0 bridgehead atoms. The van der Waals surface area contributed by atoms with Gasteiger partial charge in [-0.15, -0.1) is 0 Å². The molecule has 0 saturated heterocycles. The van der Waals surface area contributed by atoms with Gasteiger partial charge in [0.2, 0.25) is 0 Å². The first-order chi connectivity index (χ1) is 10.1. The summed E-state index contributed by atoms with van der Waals surface area (Å²) < 4.78 is 5.09. The molecule has 0 atom stereocenters. The van der Waals surface area contributed by atoms with Gasteiger partial charge in [-0.05, 0) is 18.4 Å². The first kappa shape index (κ1) is 15.1. The fourth-order valence-corrected chi connectivity index (χ4v) is 2.14. The highest BCUT2D eigenvalue weighted by molar-refractivity contribution is 7.97. The first-order valence-corrected chi connectivity index (χ1v) is 7.56. The predicted octanol–water partition coefficient (Wildman–Crippen LogP) is 1.89. The number of benzene rings is 1. The number of thioether (sulfide) groups is 1. The van der Waals surface area contributed by atoms with Crippen LogP contribution in [0.2, 0.25) is 0 Å². The average molecular weight is 305 g/mol. The summed E-state index contributed by atoms with van der Waals surface area (Å²) in [6.07, 6.45) is 1.89. The summed E-state index contributed by atoms with van der Waals surface area (Å²) in [5.74, 6) is 1.22. The molecule has 0 saturated carbocycles. The zero-order valence-electron chi connectivity index (χ0n) is 11.7. The summed E-state index contributed by atoms with van der Waals surface area (Å²) in [5.41, 5.74) is 0.323. The smallest absolute Gasteiger partial charge is 0.274 e. The zero-order valence-corrected chi connectivity index (χ0v) is 12.5. The van der Waals surface area contributed by atoms with Crippen LogP contribution in [0.25, 0.3) is 0 Å². The Morgan fingerprint density at radius 2 is 2.24 bits per heavy atom. The largest absolute Gasteiger partial charge is 0.497 e. The number of carbonyl (C=O) groups is 1. The van der Waals surface area contributed by atoms with Crippen LogP contribution < -0.4 is 15.6 Å². The molecule has 2 aromatic rings. The van der Waals surface area contributed by atoms with Gasteiger partial charge in [0.25, 0.3) is 11.5 Å². The molecule has 1 aromatic heterocycles. The van der Waals surface area contributed by atoms with Gasteiger partial charge in [0.05, 0.1) is 12.9 Å². The van der Waals surface area contributed by atoms with Crippen LogP contribution in [-0.4, -0.2) is 29.2 Å². The third kappa shape index (κ3) is 4.09. The summed E-state index contributed by atoms with van der Waals surface area (Å²) in [6.45, 7) is 0. The number of rotatable bonds is 5. The van der Waals surface area contributed by atoms with Crippen LogP contribution in [0.1, 0.15) is 16.3 Å². The lowest BCUT2D eigenvalue weighted by molar-refractivity contribution is 0.102. The number of ether oxygens (including phenoxy) is 1. The molecular weight excluding hydrogens is 290 g/mol. The SMILES string of the molecule is COc1cccc(NC(=O)c2cc(=O)[nH]c(CSC)n2)c1. The maximum atomic E-state index is 12.1. The third-order valence-electron chi connectivity index (χ3n) is 2.63. The molecule has 0 fully saturated rings. The van der Waals surface area contributed by atoms with Crippen molar-refractivity contribution in [1.82, 2.24) is 9.97 Å². The van der Waals surface area contributed by atoms with Gasteiger partial charge < -0.3 is 15.0 Å². The molecular formula is C14H15N3O3S. The Hall–Kier alpha value is -2.28. The van der Waals surface area contributed by atoms with Crippen molar-refractivity contribution in [2.24, 2.45) is 0 Å². The van der Waals surface area contributed by atoms with E-state index in [9.17, 15) is 9.59 Å². The number of aromatic amines is 1. The molecule has 1 amide bonds. The number of H-pyrrole nitrogens is 1. The molecule has 0 aliphatic carbocycles. The number of nitrogens with zero attached hydrogens (tertiary/aromatic N) is 1. The summed E-state index contributed by atoms with van der Waals surface area (Å²) in [7, 11) is 1.55. The lowest BCUT2D eigenvalue weighted by Crippen LogP contribution is -2.20. The Morgan fingerprint density at radius 3 is 2.95 bits per heavy atom. The maximum absolute atomic E-state index is 12.1. The second kappa shape index (κ2) is 6.94. The molecule has 21 heavy (non-hydrogen) atoms. The van der Waals surface area contributed by atoms with Gasteiger partial charge in [0.15, 0.2) is 0 Å². The quantitative estimate of drug-likeness (QED) is 0.881. The van der Waals surface area contributed by atoms with Crippen LogP contribution in [0.15, 0.2) is 35.1 Å². The number of nitrogens with one attached hydrogen (secondary N) is 2. The summed E-state index contributed by atoms with van der Waals surface area (Å²) in [5, 5.41) is 2.69. The number of aromatic nitrogens is 2. The van der Waals surface area contributed by atoms with Gasteiger partial charge >= 0.3 is 0 Å². The van der Waals surface area contributed by atoms with Crippen molar-refractivity contribution >= 4 is 23.4 Å². The predicted molar refractivity (Wildman–Crippen MR) is 83.0 cm³/mol. The van der Waals surface area contributed by atoms with Gasteiger partial charge in [-0.2, -0.15) is 11.8 Å². The summed E-state index contributed by atoms with van der Waals surface area (Å²) in [6, 6.07) is 8.14. The second-order valence-corrected chi connectivity index (χ2v) is 5.06. The van der Waals surface area contributed by atoms with E-state index in [2.05, 4.69) is 15.3 Å². The average Bonchev–Trinajstić information content (AvgIpc) is 2.47. The Bertz CT molecular complexity index is 700. The van der Waals surface area contributed by atoms with E-state index in [-0.39, 0.29) is 11.3 Å². The van der Waals surface area contributed by atoms with Gasteiger partial charge in [-0.1, -0.05) is 6.07 Å². The summed E-state index contributed by atoms with van der Waals surface area (Å²) >= 11 is 1.51. The number of methoxy groups -OCH3 is 1. The molecule has 0 spiro atoms. The zero-order chi connectivity index (χ0) is 15.2. The van der Waals surface area contributed by atoms with E-state index in [0.717, 1.165) is 0 Å². The third-order valence-corrected chi connectivity index (χ3v) is 3.19. The molecule has 2 rings (SSSR count). The molecule has 1 heterocycles. The fourth-order valence-electron chi connectivity index (χ4n) is 1.73. The van der Waals surface area contributed by atoms with Crippen LogP contribution >= 0.6 is 11.8 Å². The molecule has 7 heteroatoms. The molecule has 110 valence electrons. The van der Waals surface area contributed by atoms with Crippen molar-refractivity contribution in [1.29, 1.82) is 0 Å². The van der Waals surface area contributed by atoms with E-state index in [1.807, 2.05) is 6.26 Å². The van der Waals surface area contributed by atoms with Gasteiger partial charge in [-0.25, -0.2) is 4.98 Å². The number of hydrogen-bond acceptors (Lipinski definition) is 5.